The minimum atomic E-state index is -0.482. The van der Waals surface area contributed by atoms with Crippen LogP contribution in [0.15, 0.2) is 48.5 Å². The lowest BCUT2D eigenvalue weighted by molar-refractivity contribution is -0.111. The average molecular weight is 392 g/mol. The number of carbonyl (C=O) groups excluding carboxylic acids is 2. The van der Waals surface area contributed by atoms with Gasteiger partial charge in [-0.2, -0.15) is 0 Å². The first-order chi connectivity index (χ1) is 13.6. The summed E-state index contributed by atoms with van der Waals surface area (Å²) in [5.41, 5.74) is 4.79. The lowest BCUT2D eigenvalue weighted by Crippen LogP contribution is -2.33. The number of rotatable bonds is 4. The Labute approximate surface area is 173 Å². The molecule has 0 aromatic heterocycles. The number of hydrogen-bond acceptors (Lipinski definition) is 3. The van der Waals surface area contributed by atoms with Crippen LogP contribution in [0.3, 0.4) is 0 Å². The number of benzene rings is 2. The molecule has 0 saturated heterocycles. The highest BCUT2D eigenvalue weighted by atomic mass is 16.5. The fourth-order valence-corrected chi connectivity index (χ4v) is 3.94. The molecule has 3 rings (SSSR count). The number of fused-ring (bicyclic) bond motifs is 1. The van der Waals surface area contributed by atoms with Crippen LogP contribution in [0.5, 0.6) is 0 Å². The Morgan fingerprint density at radius 2 is 1.62 bits per heavy atom. The van der Waals surface area contributed by atoms with E-state index < -0.39 is 5.97 Å². The molecule has 0 atom stereocenters. The van der Waals surface area contributed by atoms with Crippen LogP contribution in [0.2, 0.25) is 0 Å². The third kappa shape index (κ3) is 4.42. The van der Waals surface area contributed by atoms with Crippen LogP contribution in [0.1, 0.15) is 67.6 Å². The standard InChI is InChI=1S/C25H29NO3/c1-24(2)14-15-25(3,4)20-16-17(10-12-19(20)24)11-13-22(27)26-21-9-7-6-8-18(21)23(28)29-5/h6-13,16H,14-15H2,1-5H3,(H,26,27). The van der Waals surface area contributed by atoms with Crippen LogP contribution in [0.25, 0.3) is 6.08 Å². The van der Waals surface area contributed by atoms with Crippen molar-refractivity contribution in [3.05, 3.63) is 70.8 Å². The van der Waals surface area contributed by atoms with Crippen LogP contribution in [0.4, 0.5) is 5.69 Å². The topological polar surface area (TPSA) is 55.4 Å². The Balaban J connectivity index is 1.81. The third-order valence-corrected chi connectivity index (χ3v) is 5.89. The van der Waals surface area contributed by atoms with Crippen LogP contribution in [-0.2, 0) is 20.4 Å². The van der Waals surface area contributed by atoms with Gasteiger partial charge in [0.15, 0.2) is 0 Å². The summed E-state index contributed by atoms with van der Waals surface area (Å²) < 4.78 is 4.77. The van der Waals surface area contributed by atoms with Gasteiger partial charge in [0.2, 0.25) is 5.91 Å². The molecular formula is C25H29NO3. The van der Waals surface area contributed by atoms with E-state index in [1.807, 2.05) is 6.08 Å². The molecule has 1 amide bonds. The molecule has 0 radical (unpaired) electrons. The molecule has 0 unspecified atom stereocenters. The van der Waals surface area contributed by atoms with E-state index in [2.05, 4.69) is 51.2 Å². The summed E-state index contributed by atoms with van der Waals surface area (Å²) in [7, 11) is 1.32. The normalized spacial score (nSPS) is 16.9. The summed E-state index contributed by atoms with van der Waals surface area (Å²) in [4.78, 5) is 24.3. The Kier molecular flexibility index (Phi) is 5.65. The van der Waals surface area contributed by atoms with Gasteiger partial charge in [-0.1, -0.05) is 58.0 Å². The maximum Gasteiger partial charge on any atom is 0.339 e. The molecule has 152 valence electrons. The zero-order valence-corrected chi connectivity index (χ0v) is 17.8. The number of amides is 1. The molecular weight excluding hydrogens is 362 g/mol. The smallest absolute Gasteiger partial charge is 0.339 e. The van der Waals surface area contributed by atoms with E-state index in [-0.39, 0.29) is 16.7 Å². The highest BCUT2D eigenvalue weighted by Crippen LogP contribution is 2.45. The summed E-state index contributed by atoms with van der Waals surface area (Å²) in [6.45, 7) is 9.15. The van der Waals surface area contributed by atoms with Gasteiger partial charge in [-0.3, -0.25) is 4.79 Å². The molecule has 1 aliphatic carbocycles. The van der Waals surface area contributed by atoms with Crippen LogP contribution < -0.4 is 5.32 Å². The maximum atomic E-state index is 12.4. The molecule has 29 heavy (non-hydrogen) atoms. The van der Waals surface area contributed by atoms with Crippen molar-refractivity contribution in [2.24, 2.45) is 0 Å². The van der Waals surface area contributed by atoms with E-state index in [1.54, 1.807) is 24.3 Å². The Morgan fingerprint density at radius 3 is 2.31 bits per heavy atom. The quantitative estimate of drug-likeness (QED) is 0.555. The predicted octanol–water partition coefficient (Wildman–Crippen LogP) is 5.47. The van der Waals surface area contributed by atoms with Crippen LogP contribution >= 0.6 is 0 Å². The van der Waals surface area contributed by atoms with Crippen molar-refractivity contribution >= 4 is 23.6 Å². The average Bonchev–Trinajstić information content (AvgIpc) is 2.70. The highest BCUT2D eigenvalue weighted by molar-refractivity contribution is 6.06. The minimum absolute atomic E-state index is 0.121. The molecule has 4 nitrogen and oxygen atoms in total. The van der Waals surface area contributed by atoms with Crippen molar-refractivity contribution in [2.45, 2.75) is 51.4 Å². The summed E-state index contributed by atoms with van der Waals surface area (Å²) in [5, 5.41) is 2.76. The highest BCUT2D eigenvalue weighted by Gasteiger charge is 2.36. The van der Waals surface area contributed by atoms with Crippen LogP contribution in [-0.4, -0.2) is 19.0 Å². The number of esters is 1. The second-order valence-corrected chi connectivity index (χ2v) is 8.93. The molecule has 0 aliphatic heterocycles. The van der Waals surface area contributed by atoms with Gasteiger partial charge >= 0.3 is 5.97 Å². The third-order valence-electron chi connectivity index (χ3n) is 5.89. The number of anilines is 1. The molecule has 2 aromatic rings. The molecule has 0 heterocycles. The molecule has 4 heteroatoms. The lowest BCUT2D eigenvalue weighted by atomic mass is 9.63. The molecule has 1 aliphatic rings. The Hall–Kier alpha value is -2.88. The van der Waals surface area contributed by atoms with Gasteiger partial charge in [-0.25, -0.2) is 4.79 Å². The first-order valence-corrected chi connectivity index (χ1v) is 9.95. The zero-order valence-electron chi connectivity index (χ0n) is 17.8. The van der Waals surface area contributed by atoms with Gasteiger partial charge in [-0.15, -0.1) is 0 Å². The van der Waals surface area contributed by atoms with Gasteiger partial charge in [0.1, 0.15) is 0 Å². The number of carbonyl (C=O) groups is 2. The van der Waals surface area contributed by atoms with E-state index in [0.717, 1.165) is 12.0 Å². The van der Waals surface area contributed by atoms with Gasteiger partial charge in [-0.05, 0) is 58.6 Å². The van der Waals surface area contributed by atoms with E-state index in [1.165, 1.54) is 30.7 Å². The number of para-hydroxylation sites is 1. The summed E-state index contributed by atoms with van der Waals surface area (Å²) in [6, 6.07) is 13.3. The second kappa shape index (κ2) is 7.86. The maximum absolute atomic E-state index is 12.4. The summed E-state index contributed by atoms with van der Waals surface area (Å²) in [5.74, 6) is -0.775. The van der Waals surface area contributed by atoms with Crippen molar-refractivity contribution in [1.82, 2.24) is 0 Å². The number of nitrogens with one attached hydrogen (secondary N) is 1. The minimum Gasteiger partial charge on any atom is -0.465 e. The molecule has 2 aromatic carbocycles. The van der Waals surface area contributed by atoms with Gasteiger partial charge in [0.25, 0.3) is 0 Å². The summed E-state index contributed by atoms with van der Waals surface area (Å²) >= 11 is 0. The Bertz CT molecular complexity index is 970. The van der Waals surface area contributed by atoms with Crippen molar-refractivity contribution < 1.29 is 14.3 Å². The van der Waals surface area contributed by atoms with Crippen molar-refractivity contribution in [3.63, 3.8) is 0 Å². The number of ether oxygens (including phenoxy) is 1. The fourth-order valence-electron chi connectivity index (χ4n) is 3.94. The second-order valence-electron chi connectivity index (χ2n) is 8.93. The first kappa shape index (κ1) is 20.8. The lowest BCUT2D eigenvalue weighted by Gasteiger charge is -2.42. The molecule has 0 bridgehead atoms. The Morgan fingerprint density at radius 1 is 0.966 bits per heavy atom. The van der Waals surface area contributed by atoms with Crippen molar-refractivity contribution in [3.8, 4) is 0 Å². The van der Waals surface area contributed by atoms with Crippen molar-refractivity contribution in [1.29, 1.82) is 0 Å². The van der Waals surface area contributed by atoms with Gasteiger partial charge < -0.3 is 10.1 Å². The monoisotopic (exact) mass is 391 g/mol. The fraction of sp³-hybridized carbons (Fsp3) is 0.360. The van der Waals surface area contributed by atoms with Gasteiger partial charge in [0, 0.05) is 6.08 Å². The predicted molar refractivity (Wildman–Crippen MR) is 117 cm³/mol. The number of methoxy groups -OCH3 is 1. The van der Waals surface area contributed by atoms with E-state index in [0.29, 0.717) is 11.3 Å². The number of hydrogen-bond donors (Lipinski definition) is 1. The van der Waals surface area contributed by atoms with Crippen molar-refractivity contribution in [2.75, 3.05) is 12.4 Å². The zero-order chi connectivity index (χ0) is 21.2. The molecule has 0 spiro atoms. The first-order valence-electron chi connectivity index (χ1n) is 9.95. The molecule has 0 fully saturated rings. The SMILES string of the molecule is COC(=O)c1ccccc1NC(=O)C=Cc1ccc2c(c1)C(C)(C)CCC2(C)C. The summed E-state index contributed by atoms with van der Waals surface area (Å²) in [6.07, 6.45) is 5.62. The largest absolute Gasteiger partial charge is 0.465 e. The van der Waals surface area contributed by atoms with E-state index >= 15 is 0 Å². The van der Waals surface area contributed by atoms with Crippen LogP contribution in [0, 0.1) is 0 Å². The van der Waals surface area contributed by atoms with E-state index in [9.17, 15) is 9.59 Å². The van der Waals surface area contributed by atoms with E-state index in [4.69, 9.17) is 4.74 Å². The molecule has 0 saturated carbocycles. The van der Waals surface area contributed by atoms with Gasteiger partial charge in [0.05, 0.1) is 18.4 Å². The molecule has 1 N–H and O–H groups in total.